The summed E-state index contributed by atoms with van der Waals surface area (Å²) in [6, 6.07) is 6.78. The van der Waals surface area contributed by atoms with E-state index in [0.717, 1.165) is 19.3 Å². The third-order valence-electron chi connectivity index (χ3n) is 3.03. The quantitative estimate of drug-likeness (QED) is 0.717. The number of anilines is 1. The summed E-state index contributed by atoms with van der Waals surface area (Å²) in [6.07, 6.45) is 2.88. The van der Waals surface area contributed by atoms with Crippen molar-refractivity contribution in [3.05, 3.63) is 29.8 Å². The predicted octanol–water partition coefficient (Wildman–Crippen LogP) is 3.01. The Hall–Kier alpha value is -2.04. The second-order valence-corrected chi connectivity index (χ2v) is 4.76. The van der Waals surface area contributed by atoms with Gasteiger partial charge in [0.2, 0.25) is 0 Å². The van der Waals surface area contributed by atoms with Gasteiger partial charge in [0.05, 0.1) is 6.42 Å². The van der Waals surface area contributed by atoms with Crippen LogP contribution in [0.3, 0.4) is 0 Å². The minimum absolute atomic E-state index is 0.0130. The molecule has 0 aliphatic rings. The molecule has 1 atom stereocenters. The van der Waals surface area contributed by atoms with E-state index in [1.807, 2.05) is 6.92 Å². The molecule has 1 unspecified atom stereocenters. The zero-order valence-corrected chi connectivity index (χ0v) is 12.0. The highest BCUT2D eigenvalue weighted by molar-refractivity contribution is 5.89. The van der Waals surface area contributed by atoms with Gasteiger partial charge in [0, 0.05) is 11.7 Å². The van der Waals surface area contributed by atoms with Gasteiger partial charge in [-0.05, 0) is 30.5 Å². The first-order valence-electron chi connectivity index (χ1n) is 6.93. The van der Waals surface area contributed by atoms with Gasteiger partial charge in [0.1, 0.15) is 0 Å². The van der Waals surface area contributed by atoms with E-state index in [-0.39, 0.29) is 18.5 Å². The lowest BCUT2D eigenvalue weighted by Crippen LogP contribution is -2.37. The number of aliphatic carboxylic acids is 1. The first-order chi connectivity index (χ1) is 9.55. The van der Waals surface area contributed by atoms with Crippen LogP contribution in [0.25, 0.3) is 0 Å². The van der Waals surface area contributed by atoms with E-state index in [1.165, 1.54) is 0 Å². The minimum atomic E-state index is -0.867. The Labute approximate surface area is 119 Å². The van der Waals surface area contributed by atoms with Gasteiger partial charge < -0.3 is 15.7 Å². The average Bonchev–Trinajstić information content (AvgIpc) is 2.40. The molecule has 0 fully saturated rings. The lowest BCUT2D eigenvalue weighted by molar-refractivity contribution is -0.136. The van der Waals surface area contributed by atoms with Crippen molar-refractivity contribution in [2.45, 2.75) is 45.6 Å². The van der Waals surface area contributed by atoms with Crippen molar-refractivity contribution in [2.24, 2.45) is 0 Å². The average molecular weight is 278 g/mol. The number of amides is 2. The maximum absolute atomic E-state index is 11.8. The van der Waals surface area contributed by atoms with E-state index in [9.17, 15) is 9.59 Å². The molecule has 0 spiro atoms. The van der Waals surface area contributed by atoms with Gasteiger partial charge in [-0.3, -0.25) is 4.79 Å². The summed E-state index contributed by atoms with van der Waals surface area (Å²) >= 11 is 0. The Balaban J connectivity index is 2.51. The maximum Gasteiger partial charge on any atom is 0.319 e. The topological polar surface area (TPSA) is 78.4 Å². The molecule has 0 saturated heterocycles. The molecule has 0 aliphatic carbocycles. The van der Waals surface area contributed by atoms with Crippen LogP contribution in [0, 0.1) is 0 Å². The fourth-order valence-electron chi connectivity index (χ4n) is 1.96. The van der Waals surface area contributed by atoms with Crippen LogP contribution in [-0.2, 0) is 11.2 Å². The highest BCUT2D eigenvalue weighted by atomic mass is 16.4. The number of carbonyl (C=O) groups excluding carboxylic acids is 1. The fourth-order valence-corrected chi connectivity index (χ4v) is 1.96. The zero-order chi connectivity index (χ0) is 15.0. The monoisotopic (exact) mass is 278 g/mol. The van der Waals surface area contributed by atoms with Crippen molar-refractivity contribution in [1.29, 1.82) is 0 Å². The van der Waals surface area contributed by atoms with E-state index >= 15 is 0 Å². The van der Waals surface area contributed by atoms with Crippen molar-refractivity contribution in [3.8, 4) is 0 Å². The third kappa shape index (κ3) is 5.73. The van der Waals surface area contributed by atoms with E-state index < -0.39 is 5.97 Å². The van der Waals surface area contributed by atoms with Gasteiger partial charge in [-0.25, -0.2) is 4.79 Å². The summed E-state index contributed by atoms with van der Waals surface area (Å²) in [6.45, 7) is 4.13. The van der Waals surface area contributed by atoms with E-state index in [1.54, 1.807) is 24.3 Å². The van der Waals surface area contributed by atoms with Gasteiger partial charge in [-0.15, -0.1) is 0 Å². The summed E-state index contributed by atoms with van der Waals surface area (Å²) in [5, 5.41) is 14.3. The van der Waals surface area contributed by atoms with Gasteiger partial charge in [-0.2, -0.15) is 0 Å². The molecule has 0 aliphatic heterocycles. The normalized spacial score (nSPS) is 11.7. The summed E-state index contributed by atoms with van der Waals surface area (Å²) in [5.41, 5.74) is 1.36. The molecule has 3 N–H and O–H groups in total. The first kappa shape index (κ1) is 16.0. The molecule has 2 amide bonds. The number of rotatable bonds is 7. The van der Waals surface area contributed by atoms with Gasteiger partial charge in [0.25, 0.3) is 0 Å². The number of benzene rings is 1. The van der Waals surface area contributed by atoms with Crippen molar-refractivity contribution >= 4 is 17.7 Å². The van der Waals surface area contributed by atoms with Gasteiger partial charge >= 0.3 is 12.0 Å². The van der Waals surface area contributed by atoms with Crippen LogP contribution in [0.2, 0.25) is 0 Å². The van der Waals surface area contributed by atoms with Crippen LogP contribution in [0.4, 0.5) is 10.5 Å². The lowest BCUT2D eigenvalue weighted by atomic mass is 10.1. The fraction of sp³-hybridized carbons (Fsp3) is 0.467. The number of hydrogen-bond acceptors (Lipinski definition) is 2. The Morgan fingerprint density at radius 3 is 2.35 bits per heavy atom. The van der Waals surface area contributed by atoms with Crippen LogP contribution >= 0.6 is 0 Å². The van der Waals surface area contributed by atoms with Crippen molar-refractivity contribution in [1.82, 2.24) is 5.32 Å². The molecule has 1 aromatic rings. The highest BCUT2D eigenvalue weighted by Gasteiger charge is 2.09. The van der Waals surface area contributed by atoms with E-state index in [4.69, 9.17) is 5.11 Å². The largest absolute Gasteiger partial charge is 0.481 e. The summed E-state index contributed by atoms with van der Waals surface area (Å²) in [7, 11) is 0. The Morgan fingerprint density at radius 1 is 1.20 bits per heavy atom. The summed E-state index contributed by atoms with van der Waals surface area (Å²) in [5.74, 6) is -0.867. The number of carboxylic acid groups (broad SMARTS) is 1. The SMILES string of the molecule is CCCC(CC)NC(=O)Nc1ccc(CC(=O)O)cc1. The number of hydrogen-bond donors (Lipinski definition) is 3. The Morgan fingerprint density at radius 2 is 1.85 bits per heavy atom. The Bertz CT molecular complexity index is 443. The second kappa shape index (κ2) is 8.19. The second-order valence-electron chi connectivity index (χ2n) is 4.76. The van der Waals surface area contributed by atoms with E-state index in [0.29, 0.717) is 11.3 Å². The molecule has 0 heterocycles. The smallest absolute Gasteiger partial charge is 0.319 e. The Kier molecular flexibility index (Phi) is 6.56. The molecule has 1 aromatic carbocycles. The molecule has 5 heteroatoms. The number of urea groups is 1. The van der Waals surface area contributed by atoms with Crippen molar-refractivity contribution < 1.29 is 14.7 Å². The molecule has 0 saturated carbocycles. The molecule has 0 aromatic heterocycles. The molecule has 0 radical (unpaired) electrons. The maximum atomic E-state index is 11.8. The van der Waals surface area contributed by atoms with Crippen LogP contribution in [0.5, 0.6) is 0 Å². The van der Waals surface area contributed by atoms with Crippen molar-refractivity contribution in [3.63, 3.8) is 0 Å². The molecular formula is C15H22N2O3. The van der Waals surface area contributed by atoms with Crippen molar-refractivity contribution in [2.75, 3.05) is 5.32 Å². The molecule has 20 heavy (non-hydrogen) atoms. The van der Waals surface area contributed by atoms with Crippen LogP contribution in [0.15, 0.2) is 24.3 Å². The highest BCUT2D eigenvalue weighted by Crippen LogP contribution is 2.10. The predicted molar refractivity (Wildman–Crippen MR) is 78.9 cm³/mol. The van der Waals surface area contributed by atoms with Gasteiger partial charge in [0.15, 0.2) is 0 Å². The first-order valence-corrected chi connectivity index (χ1v) is 6.93. The molecule has 0 bridgehead atoms. The number of nitrogens with one attached hydrogen (secondary N) is 2. The van der Waals surface area contributed by atoms with Crippen LogP contribution in [-0.4, -0.2) is 23.1 Å². The molecule has 1 rings (SSSR count). The van der Waals surface area contributed by atoms with E-state index in [2.05, 4.69) is 17.6 Å². The van der Waals surface area contributed by atoms with Crippen LogP contribution < -0.4 is 10.6 Å². The molecule has 110 valence electrons. The van der Waals surface area contributed by atoms with Gasteiger partial charge in [-0.1, -0.05) is 32.4 Å². The lowest BCUT2D eigenvalue weighted by Gasteiger charge is -2.16. The standard InChI is InChI=1S/C15H22N2O3/c1-3-5-12(4-2)16-15(20)17-13-8-6-11(7-9-13)10-14(18)19/h6-9,12H,3-5,10H2,1-2H3,(H,18,19)(H2,16,17,20). The zero-order valence-electron chi connectivity index (χ0n) is 12.0. The molecule has 5 nitrogen and oxygen atoms in total. The molecular weight excluding hydrogens is 256 g/mol. The summed E-state index contributed by atoms with van der Waals surface area (Å²) in [4.78, 5) is 22.4. The number of carboxylic acids is 1. The summed E-state index contributed by atoms with van der Waals surface area (Å²) < 4.78 is 0. The number of carbonyl (C=O) groups is 2. The third-order valence-corrected chi connectivity index (χ3v) is 3.03. The van der Waals surface area contributed by atoms with Crippen LogP contribution in [0.1, 0.15) is 38.7 Å². The minimum Gasteiger partial charge on any atom is -0.481 e.